The second-order valence-corrected chi connectivity index (χ2v) is 6.02. The van der Waals surface area contributed by atoms with Gasteiger partial charge in [-0.1, -0.05) is 48.5 Å². The van der Waals surface area contributed by atoms with Crippen LogP contribution < -0.4 is 10.2 Å². The van der Waals surface area contributed by atoms with E-state index in [1.807, 2.05) is 59.5 Å². The van der Waals surface area contributed by atoms with Gasteiger partial charge in [-0.3, -0.25) is 10.1 Å². The second-order valence-electron chi connectivity index (χ2n) is 6.02. The lowest BCUT2D eigenvalue weighted by molar-refractivity contribution is -0.383. The molecule has 0 unspecified atom stereocenters. The molecule has 1 aliphatic heterocycles. The Morgan fingerprint density at radius 2 is 1.85 bits per heavy atom. The molecule has 0 fully saturated rings. The van der Waals surface area contributed by atoms with E-state index in [0.717, 1.165) is 17.7 Å². The second kappa shape index (κ2) is 6.79. The fourth-order valence-electron chi connectivity index (χ4n) is 3.20. The Morgan fingerprint density at radius 1 is 1.08 bits per heavy atom. The maximum Gasteiger partial charge on any atom is 0.353 e. The van der Waals surface area contributed by atoms with Crippen LogP contribution in [-0.2, 0) is 13.0 Å². The molecule has 1 N–H and O–H groups in total. The zero-order valence-corrected chi connectivity index (χ0v) is 14.0. The number of nitrogens with zero attached hydrogens (tertiary/aromatic N) is 4. The van der Waals surface area contributed by atoms with Gasteiger partial charge in [-0.15, -0.1) is 0 Å². The molecule has 130 valence electrons. The minimum absolute atomic E-state index is 0.0971. The molecule has 0 spiro atoms. The quantitative estimate of drug-likeness (QED) is 0.560. The molecular formula is C19H17N5O2. The zero-order chi connectivity index (χ0) is 17.9. The first kappa shape index (κ1) is 16.0. The van der Waals surface area contributed by atoms with Crippen molar-refractivity contribution in [3.05, 3.63) is 82.2 Å². The van der Waals surface area contributed by atoms with Crippen LogP contribution in [-0.4, -0.2) is 21.4 Å². The Labute approximate surface area is 150 Å². The van der Waals surface area contributed by atoms with Crippen LogP contribution in [0.15, 0.2) is 60.9 Å². The molecule has 3 aromatic rings. The molecule has 2 aromatic carbocycles. The lowest BCUT2D eigenvalue weighted by Gasteiger charge is -2.19. The normalized spacial score (nSPS) is 12.7. The number of para-hydroxylation sites is 1. The predicted octanol–water partition coefficient (Wildman–Crippen LogP) is 3.69. The van der Waals surface area contributed by atoms with Gasteiger partial charge < -0.3 is 10.2 Å². The van der Waals surface area contributed by atoms with Gasteiger partial charge in [-0.05, 0) is 23.6 Å². The first-order chi connectivity index (χ1) is 12.7. The van der Waals surface area contributed by atoms with Gasteiger partial charge in [0.2, 0.25) is 11.6 Å². The summed E-state index contributed by atoms with van der Waals surface area (Å²) in [5.74, 6) is 0.554. The van der Waals surface area contributed by atoms with Crippen LogP contribution in [0.1, 0.15) is 11.1 Å². The number of nitro groups is 1. The molecule has 0 bridgehead atoms. The van der Waals surface area contributed by atoms with Crippen molar-refractivity contribution in [2.45, 2.75) is 13.0 Å². The fourth-order valence-corrected chi connectivity index (χ4v) is 3.20. The average Bonchev–Trinajstić information content (AvgIpc) is 3.10. The lowest BCUT2D eigenvalue weighted by Crippen LogP contribution is -2.18. The molecule has 1 aliphatic rings. The Bertz CT molecular complexity index is 946. The van der Waals surface area contributed by atoms with Gasteiger partial charge in [0.1, 0.15) is 6.33 Å². The van der Waals surface area contributed by atoms with Gasteiger partial charge in [0.25, 0.3) is 0 Å². The molecule has 0 radical (unpaired) electrons. The number of hydrogen-bond acceptors (Lipinski definition) is 6. The summed E-state index contributed by atoms with van der Waals surface area (Å²) >= 11 is 0. The molecule has 2 heterocycles. The summed E-state index contributed by atoms with van der Waals surface area (Å²) in [7, 11) is 0. The average molecular weight is 347 g/mol. The molecule has 7 heteroatoms. The van der Waals surface area contributed by atoms with Crippen molar-refractivity contribution in [3.63, 3.8) is 0 Å². The van der Waals surface area contributed by atoms with Crippen LogP contribution in [0.3, 0.4) is 0 Å². The summed E-state index contributed by atoms with van der Waals surface area (Å²) in [6.45, 7) is 1.12. The van der Waals surface area contributed by atoms with E-state index in [4.69, 9.17) is 0 Å². The number of rotatable bonds is 5. The van der Waals surface area contributed by atoms with Crippen molar-refractivity contribution in [1.82, 2.24) is 9.97 Å². The Kier molecular flexibility index (Phi) is 4.18. The van der Waals surface area contributed by atoms with E-state index in [0.29, 0.717) is 18.9 Å². The van der Waals surface area contributed by atoms with Crippen LogP contribution in [0, 0.1) is 10.1 Å². The van der Waals surface area contributed by atoms with Gasteiger partial charge >= 0.3 is 5.69 Å². The van der Waals surface area contributed by atoms with E-state index in [-0.39, 0.29) is 11.5 Å². The molecule has 4 rings (SSSR count). The number of benzene rings is 2. The van der Waals surface area contributed by atoms with Gasteiger partial charge in [0, 0.05) is 18.8 Å². The van der Waals surface area contributed by atoms with Crippen LogP contribution in [0.2, 0.25) is 0 Å². The maximum absolute atomic E-state index is 11.8. The first-order valence-corrected chi connectivity index (χ1v) is 8.36. The van der Waals surface area contributed by atoms with Crippen LogP contribution in [0.5, 0.6) is 0 Å². The Hall–Kier alpha value is -3.48. The number of hydrogen-bond donors (Lipinski definition) is 1. The standard InChI is InChI=1S/C19H17N5O2/c25-24(26)17-18(20-12-14-6-2-1-3-7-14)21-13-22-19(17)23-11-10-15-8-4-5-9-16(15)23/h1-9,13H,10-12H2,(H,20,21,22). The highest BCUT2D eigenvalue weighted by Crippen LogP contribution is 2.40. The number of aromatic nitrogens is 2. The van der Waals surface area contributed by atoms with Gasteiger partial charge in [-0.25, -0.2) is 9.97 Å². The summed E-state index contributed by atoms with van der Waals surface area (Å²) < 4.78 is 0. The summed E-state index contributed by atoms with van der Waals surface area (Å²) in [4.78, 5) is 21.6. The minimum Gasteiger partial charge on any atom is -0.360 e. The third-order valence-electron chi connectivity index (χ3n) is 4.43. The first-order valence-electron chi connectivity index (χ1n) is 8.36. The highest BCUT2D eigenvalue weighted by Gasteiger charge is 2.31. The van der Waals surface area contributed by atoms with Crippen molar-refractivity contribution in [2.75, 3.05) is 16.8 Å². The molecule has 0 amide bonds. The zero-order valence-electron chi connectivity index (χ0n) is 14.0. The molecule has 0 saturated heterocycles. The van der Waals surface area contributed by atoms with Gasteiger partial charge in [0.15, 0.2) is 0 Å². The maximum atomic E-state index is 11.8. The molecule has 1 aromatic heterocycles. The van der Waals surface area contributed by atoms with Crippen LogP contribution in [0.25, 0.3) is 0 Å². The Balaban J connectivity index is 1.69. The van der Waals surface area contributed by atoms with Crippen molar-refractivity contribution >= 4 is 23.0 Å². The molecule has 0 saturated carbocycles. The van der Waals surface area contributed by atoms with E-state index in [2.05, 4.69) is 15.3 Å². The number of fused-ring (bicyclic) bond motifs is 1. The van der Waals surface area contributed by atoms with Crippen molar-refractivity contribution in [3.8, 4) is 0 Å². The smallest absolute Gasteiger partial charge is 0.353 e. The highest BCUT2D eigenvalue weighted by molar-refractivity contribution is 5.78. The predicted molar refractivity (Wildman–Crippen MR) is 99.6 cm³/mol. The number of anilines is 3. The van der Waals surface area contributed by atoms with Crippen molar-refractivity contribution in [2.24, 2.45) is 0 Å². The van der Waals surface area contributed by atoms with Gasteiger partial charge in [0.05, 0.1) is 4.92 Å². The topological polar surface area (TPSA) is 84.2 Å². The fraction of sp³-hybridized carbons (Fsp3) is 0.158. The van der Waals surface area contributed by atoms with Crippen molar-refractivity contribution in [1.29, 1.82) is 0 Å². The summed E-state index contributed by atoms with van der Waals surface area (Å²) in [5, 5.41) is 14.9. The van der Waals surface area contributed by atoms with Crippen LogP contribution >= 0.6 is 0 Å². The third kappa shape index (κ3) is 2.95. The summed E-state index contributed by atoms with van der Waals surface area (Å²) in [5.41, 5.74) is 3.05. The number of nitrogens with one attached hydrogen (secondary N) is 1. The van der Waals surface area contributed by atoms with E-state index in [1.54, 1.807) is 0 Å². The molecule has 0 aliphatic carbocycles. The highest BCUT2D eigenvalue weighted by atomic mass is 16.6. The minimum atomic E-state index is -0.413. The van der Waals surface area contributed by atoms with E-state index >= 15 is 0 Å². The largest absolute Gasteiger partial charge is 0.360 e. The molecule has 7 nitrogen and oxygen atoms in total. The summed E-state index contributed by atoms with van der Waals surface area (Å²) in [6.07, 6.45) is 2.21. The SMILES string of the molecule is O=[N+]([O-])c1c(NCc2ccccc2)ncnc1N1CCc2ccccc21. The molecule has 0 atom stereocenters. The van der Waals surface area contributed by atoms with E-state index in [9.17, 15) is 10.1 Å². The lowest BCUT2D eigenvalue weighted by atomic mass is 10.2. The summed E-state index contributed by atoms with van der Waals surface area (Å²) in [6, 6.07) is 17.6. The van der Waals surface area contributed by atoms with Crippen molar-refractivity contribution < 1.29 is 4.92 Å². The molecule has 26 heavy (non-hydrogen) atoms. The molecular weight excluding hydrogens is 330 g/mol. The Morgan fingerprint density at radius 3 is 2.65 bits per heavy atom. The van der Waals surface area contributed by atoms with Crippen LogP contribution in [0.4, 0.5) is 23.0 Å². The van der Waals surface area contributed by atoms with E-state index in [1.165, 1.54) is 11.9 Å². The van der Waals surface area contributed by atoms with E-state index < -0.39 is 4.92 Å². The third-order valence-corrected chi connectivity index (χ3v) is 4.43. The monoisotopic (exact) mass is 347 g/mol. The van der Waals surface area contributed by atoms with Gasteiger partial charge in [-0.2, -0.15) is 0 Å².